The van der Waals surface area contributed by atoms with Crippen LogP contribution in [0, 0.1) is 11.8 Å². The maximum absolute atomic E-state index is 13.2. The molecule has 1 aromatic carbocycles. The topological polar surface area (TPSA) is 62.3 Å². The monoisotopic (exact) mass is 415 g/mol. The van der Waals surface area contributed by atoms with Gasteiger partial charge in [0.05, 0.1) is 25.2 Å². The molecule has 4 rings (SSSR count). The first-order valence-corrected chi connectivity index (χ1v) is 11.0. The van der Waals surface area contributed by atoms with Crippen LogP contribution in [0.4, 0.5) is 0 Å². The molecule has 1 spiro atoms. The Kier molecular flexibility index (Phi) is 6.02. The van der Waals surface area contributed by atoms with E-state index >= 15 is 0 Å². The first-order chi connectivity index (χ1) is 14.5. The Bertz CT molecular complexity index is 790. The van der Waals surface area contributed by atoms with E-state index in [4.69, 9.17) is 9.47 Å². The number of methoxy groups -OCH3 is 2. The van der Waals surface area contributed by atoms with Gasteiger partial charge in [0.2, 0.25) is 5.91 Å². The lowest BCUT2D eigenvalue weighted by Gasteiger charge is -2.47. The molecular weight excluding hydrogens is 382 g/mol. The van der Waals surface area contributed by atoms with Crippen molar-refractivity contribution in [2.75, 3.05) is 60.1 Å². The van der Waals surface area contributed by atoms with Gasteiger partial charge in [-0.1, -0.05) is 6.07 Å². The van der Waals surface area contributed by atoms with Crippen LogP contribution in [0.25, 0.3) is 0 Å². The summed E-state index contributed by atoms with van der Waals surface area (Å²) in [6.07, 6.45) is 1.70. The lowest BCUT2D eigenvalue weighted by molar-refractivity contribution is -0.135. The smallest absolute Gasteiger partial charge is 0.253 e. The highest BCUT2D eigenvalue weighted by atomic mass is 16.5. The third-order valence-electron chi connectivity index (χ3n) is 7.37. The van der Waals surface area contributed by atoms with Crippen molar-refractivity contribution in [3.8, 4) is 5.75 Å². The summed E-state index contributed by atoms with van der Waals surface area (Å²) < 4.78 is 10.5. The molecule has 0 aliphatic carbocycles. The number of benzene rings is 1. The van der Waals surface area contributed by atoms with Crippen LogP contribution in [-0.4, -0.2) is 92.1 Å². The van der Waals surface area contributed by atoms with Gasteiger partial charge in [0.1, 0.15) is 5.75 Å². The van der Waals surface area contributed by atoms with Gasteiger partial charge < -0.3 is 19.3 Å². The average molecular weight is 416 g/mol. The summed E-state index contributed by atoms with van der Waals surface area (Å²) in [5.74, 6) is 1.46. The summed E-state index contributed by atoms with van der Waals surface area (Å²) in [7, 11) is 3.33. The van der Waals surface area contributed by atoms with Crippen LogP contribution in [0.1, 0.15) is 30.1 Å². The van der Waals surface area contributed by atoms with E-state index in [1.807, 2.05) is 23.1 Å². The molecule has 3 aliphatic heterocycles. The van der Waals surface area contributed by atoms with E-state index in [1.54, 1.807) is 20.3 Å². The van der Waals surface area contributed by atoms with Gasteiger partial charge in [-0.2, -0.15) is 0 Å². The van der Waals surface area contributed by atoms with E-state index in [2.05, 4.69) is 16.7 Å². The molecule has 7 heteroatoms. The highest BCUT2D eigenvalue weighted by Gasteiger charge is 2.61. The molecule has 0 unspecified atom stereocenters. The Balaban J connectivity index is 1.48. The third-order valence-corrected chi connectivity index (χ3v) is 7.37. The van der Waals surface area contributed by atoms with Gasteiger partial charge >= 0.3 is 0 Å². The van der Waals surface area contributed by atoms with E-state index in [9.17, 15) is 9.59 Å². The van der Waals surface area contributed by atoms with Crippen LogP contribution < -0.4 is 4.74 Å². The van der Waals surface area contributed by atoms with E-state index < -0.39 is 0 Å². The van der Waals surface area contributed by atoms with Gasteiger partial charge in [-0.05, 0) is 38.0 Å². The molecule has 0 bridgehead atoms. The number of carbonyl (C=O) groups excluding carboxylic acids is 2. The van der Waals surface area contributed by atoms with Gasteiger partial charge in [0, 0.05) is 57.9 Å². The number of ether oxygens (including phenoxy) is 2. The van der Waals surface area contributed by atoms with E-state index in [0.29, 0.717) is 42.8 Å². The summed E-state index contributed by atoms with van der Waals surface area (Å²) in [5.41, 5.74) is 0.536. The van der Waals surface area contributed by atoms with Gasteiger partial charge in [0.15, 0.2) is 0 Å². The molecule has 30 heavy (non-hydrogen) atoms. The van der Waals surface area contributed by atoms with Crippen LogP contribution in [-0.2, 0) is 9.53 Å². The lowest BCUT2D eigenvalue weighted by atomic mass is 9.74. The quantitative estimate of drug-likeness (QED) is 0.708. The van der Waals surface area contributed by atoms with Gasteiger partial charge in [0.25, 0.3) is 5.91 Å². The van der Waals surface area contributed by atoms with Crippen LogP contribution in [0.2, 0.25) is 0 Å². The van der Waals surface area contributed by atoms with Crippen LogP contribution in [0.15, 0.2) is 24.3 Å². The molecule has 1 aromatic rings. The van der Waals surface area contributed by atoms with Crippen molar-refractivity contribution in [1.29, 1.82) is 0 Å². The molecule has 7 nitrogen and oxygen atoms in total. The fourth-order valence-electron chi connectivity index (χ4n) is 5.85. The predicted molar refractivity (Wildman–Crippen MR) is 114 cm³/mol. The second-order valence-electron chi connectivity index (χ2n) is 8.68. The molecule has 0 N–H and O–H groups in total. The molecule has 3 heterocycles. The highest BCUT2D eigenvalue weighted by Crippen LogP contribution is 2.49. The minimum Gasteiger partial charge on any atom is -0.497 e. The Morgan fingerprint density at radius 1 is 1.20 bits per heavy atom. The normalized spacial score (nSPS) is 25.8. The van der Waals surface area contributed by atoms with Gasteiger partial charge in [-0.25, -0.2) is 0 Å². The Morgan fingerprint density at radius 2 is 1.97 bits per heavy atom. The number of carbonyl (C=O) groups is 2. The zero-order valence-corrected chi connectivity index (χ0v) is 18.3. The molecule has 0 saturated carbocycles. The Labute approximate surface area is 178 Å². The second kappa shape index (κ2) is 8.55. The number of rotatable bonds is 6. The number of fused-ring (bicyclic) bond motifs is 2. The Morgan fingerprint density at radius 3 is 2.63 bits per heavy atom. The van der Waals surface area contributed by atoms with E-state index in [-0.39, 0.29) is 17.4 Å². The van der Waals surface area contributed by atoms with Crippen molar-refractivity contribution in [3.63, 3.8) is 0 Å². The fraction of sp³-hybridized carbons (Fsp3) is 0.652. The number of amides is 2. The second-order valence-corrected chi connectivity index (χ2v) is 8.68. The third kappa shape index (κ3) is 3.48. The molecule has 0 radical (unpaired) electrons. The number of hydrogen-bond donors (Lipinski definition) is 0. The minimum absolute atomic E-state index is 0.0424. The Hall–Kier alpha value is -2.12. The van der Waals surface area contributed by atoms with Crippen molar-refractivity contribution >= 4 is 11.8 Å². The number of likely N-dealkylation sites (tertiary alicyclic amines) is 3. The lowest BCUT2D eigenvalue weighted by Crippen LogP contribution is -2.57. The SMILES string of the molecule is CCN1C(=O)[C@@H]2CN(CCOC)C[C@@H]2C12CCN(C(=O)c1cccc(OC)c1)CC2. The molecule has 164 valence electrons. The van der Waals surface area contributed by atoms with Crippen molar-refractivity contribution in [2.24, 2.45) is 11.8 Å². The number of nitrogens with zero attached hydrogens (tertiary/aromatic N) is 3. The zero-order valence-electron chi connectivity index (χ0n) is 18.3. The molecule has 3 fully saturated rings. The van der Waals surface area contributed by atoms with Crippen LogP contribution in [0.3, 0.4) is 0 Å². The fourth-order valence-corrected chi connectivity index (χ4v) is 5.85. The minimum atomic E-state index is -0.122. The molecular formula is C23H33N3O4. The number of hydrogen-bond acceptors (Lipinski definition) is 5. The standard InChI is InChI=1S/C23H33N3O4/c1-4-26-22(28)19-15-24(12-13-29-2)16-20(19)23(26)8-10-25(11-9-23)21(27)17-6-5-7-18(14-17)30-3/h5-7,14,19-20H,4,8-13,15-16H2,1-3H3/t19-,20+/m1/s1. The van der Waals surface area contributed by atoms with Crippen molar-refractivity contribution in [1.82, 2.24) is 14.7 Å². The molecule has 3 aliphatic rings. The van der Waals surface area contributed by atoms with E-state index in [1.165, 1.54) is 0 Å². The molecule has 2 atom stereocenters. The zero-order chi connectivity index (χ0) is 21.3. The van der Waals surface area contributed by atoms with E-state index in [0.717, 1.165) is 39.0 Å². The summed E-state index contributed by atoms with van der Waals surface area (Å²) in [5, 5.41) is 0. The first kappa shape index (κ1) is 21.1. The van der Waals surface area contributed by atoms with Gasteiger partial charge in [-0.3, -0.25) is 14.5 Å². The number of piperidine rings is 1. The molecule has 0 aromatic heterocycles. The summed E-state index contributed by atoms with van der Waals surface area (Å²) in [6, 6.07) is 7.34. The van der Waals surface area contributed by atoms with Crippen LogP contribution in [0.5, 0.6) is 5.75 Å². The maximum atomic E-state index is 13.2. The van der Waals surface area contributed by atoms with Crippen molar-refractivity contribution in [3.05, 3.63) is 29.8 Å². The largest absolute Gasteiger partial charge is 0.497 e. The molecule has 2 amide bonds. The summed E-state index contributed by atoms with van der Waals surface area (Å²) >= 11 is 0. The predicted octanol–water partition coefficient (Wildman–Crippen LogP) is 1.73. The van der Waals surface area contributed by atoms with Crippen LogP contribution >= 0.6 is 0 Å². The first-order valence-electron chi connectivity index (χ1n) is 11.0. The van der Waals surface area contributed by atoms with Crippen molar-refractivity contribution in [2.45, 2.75) is 25.3 Å². The molecule has 3 saturated heterocycles. The van der Waals surface area contributed by atoms with Gasteiger partial charge in [-0.15, -0.1) is 0 Å². The highest BCUT2D eigenvalue weighted by molar-refractivity contribution is 5.94. The average Bonchev–Trinajstić information content (AvgIpc) is 3.30. The maximum Gasteiger partial charge on any atom is 0.253 e. The van der Waals surface area contributed by atoms with Crippen molar-refractivity contribution < 1.29 is 19.1 Å². The summed E-state index contributed by atoms with van der Waals surface area (Å²) in [4.78, 5) is 32.7. The summed E-state index contributed by atoms with van der Waals surface area (Å²) in [6.45, 7) is 7.53.